The summed E-state index contributed by atoms with van der Waals surface area (Å²) in [6.07, 6.45) is -0.659. The molecule has 2 aromatic rings. The highest BCUT2D eigenvalue weighted by Gasteiger charge is 2.31. The summed E-state index contributed by atoms with van der Waals surface area (Å²) >= 11 is 3.27. The normalized spacial score (nSPS) is 13.2. The number of benzene rings is 1. The summed E-state index contributed by atoms with van der Waals surface area (Å²) in [5.74, 6) is 5.51. The van der Waals surface area contributed by atoms with E-state index in [2.05, 4.69) is 26.3 Å². The van der Waals surface area contributed by atoms with Crippen molar-refractivity contribution in [3.63, 3.8) is 0 Å². The smallest absolute Gasteiger partial charge is 0.271 e. The molecular weight excluding hydrogens is 347 g/mol. The number of halogens is 4. The Kier molecular flexibility index (Phi) is 4.97. The molecule has 7 heteroatoms. The molecule has 0 radical (unpaired) electrons. The molecule has 0 aliphatic carbocycles. The maximum atomic E-state index is 12.8. The van der Waals surface area contributed by atoms with Crippen molar-refractivity contribution < 1.29 is 13.2 Å². The van der Waals surface area contributed by atoms with E-state index in [0.717, 1.165) is 17.7 Å². The lowest BCUT2D eigenvalue weighted by Crippen LogP contribution is -2.30. The van der Waals surface area contributed by atoms with E-state index in [0.29, 0.717) is 16.5 Å². The summed E-state index contributed by atoms with van der Waals surface area (Å²) < 4.78 is 39.0. The first-order chi connectivity index (χ1) is 9.91. The van der Waals surface area contributed by atoms with Gasteiger partial charge in [-0.3, -0.25) is 16.3 Å². The maximum Gasteiger partial charge on any atom is 0.416 e. The topological polar surface area (TPSA) is 50.9 Å². The standard InChI is InChI=1S/C14H13BrF3N3/c15-12-4-3-10(14(16,17)18)7-11(12)13(21-19)6-9-2-1-5-20-8-9/h1-5,7-8,13,21H,6,19H2. The number of hydrazine groups is 1. The molecule has 1 heterocycles. The van der Waals surface area contributed by atoms with Crippen LogP contribution in [0, 0.1) is 0 Å². The van der Waals surface area contributed by atoms with E-state index in [1.165, 1.54) is 6.07 Å². The summed E-state index contributed by atoms with van der Waals surface area (Å²) in [5.41, 5.74) is 3.19. The third-order valence-electron chi connectivity index (χ3n) is 3.06. The van der Waals surface area contributed by atoms with Gasteiger partial charge in [-0.05, 0) is 41.8 Å². The van der Waals surface area contributed by atoms with Crippen LogP contribution in [0.3, 0.4) is 0 Å². The lowest BCUT2D eigenvalue weighted by atomic mass is 9.98. The minimum atomic E-state index is -4.39. The predicted octanol–water partition coefficient (Wildman–Crippen LogP) is 3.61. The van der Waals surface area contributed by atoms with Crippen LogP contribution in [0.2, 0.25) is 0 Å². The number of rotatable bonds is 4. The van der Waals surface area contributed by atoms with Gasteiger partial charge in [0.15, 0.2) is 0 Å². The van der Waals surface area contributed by atoms with E-state index in [1.807, 2.05) is 6.07 Å². The molecule has 1 aromatic carbocycles. The minimum absolute atomic E-state index is 0.435. The van der Waals surface area contributed by atoms with E-state index < -0.39 is 17.8 Å². The van der Waals surface area contributed by atoms with Gasteiger partial charge in [-0.25, -0.2) is 0 Å². The first kappa shape index (κ1) is 15.9. The van der Waals surface area contributed by atoms with Crippen molar-refractivity contribution in [3.05, 3.63) is 63.9 Å². The van der Waals surface area contributed by atoms with Gasteiger partial charge >= 0.3 is 6.18 Å². The number of pyridine rings is 1. The highest BCUT2D eigenvalue weighted by molar-refractivity contribution is 9.10. The van der Waals surface area contributed by atoms with Gasteiger partial charge < -0.3 is 0 Å². The van der Waals surface area contributed by atoms with Crippen molar-refractivity contribution in [2.45, 2.75) is 18.6 Å². The molecule has 21 heavy (non-hydrogen) atoms. The van der Waals surface area contributed by atoms with Crippen molar-refractivity contribution in [3.8, 4) is 0 Å². The van der Waals surface area contributed by atoms with Crippen LogP contribution in [0.4, 0.5) is 13.2 Å². The quantitative estimate of drug-likeness (QED) is 0.647. The second kappa shape index (κ2) is 6.55. The molecule has 1 aromatic heterocycles. The average molecular weight is 360 g/mol. The molecule has 0 aliphatic heterocycles. The Morgan fingerprint density at radius 1 is 1.29 bits per heavy atom. The van der Waals surface area contributed by atoms with Gasteiger partial charge in [-0.1, -0.05) is 22.0 Å². The van der Waals surface area contributed by atoms with Gasteiger partial charge in [-0.15, -0.1) is 0 Å². The van der Waals surface area contributed by atoms with E-state index in [9.17, 15) is 13.2 Å². The monoisotopic (exact) mass is 359 g/mol. The highest BCUT2D eigenvalue weighted by atomic mass is 79.9. The Labute approximate surface area is 128 Å². The molecule has 3 N–H and O–H groups in total. The van der Waals surface area contributed by atoms with E-state index in [1.54, 1.807) is 18.5 Å². The molecule has 0 saturated heterocycles. The van der Waals surface area contributed by atoms with Crippen molar-refractivity contribution in [2.75, 3.05) is 0 Å². The Bertz CT molecular complexity index is 602. The summed E-state index contributed by atoms with van der Waals surface area (Å²) in [5, 5.41) is 0. The van der Waals surface area contributed by atoms with Crippen LogP contribution < -0.4 is 11.3 Å². The third kappa shape index (κ3) is 4.03. The first-order valence-electron chi connectivity index (χ1n) is 6.13. The molecule has 0 bridgehead atoms. The second-order valence-corrected chi connectivity index (χ2v) is 5.37. The van der Waals surface area contributed by atoms with Crippen molar-refractivity contribution >= 4 is 15.9 Å². The lowest BCUT2D eigenvalue weighted by molar-refractivity contribution is -0.137. The van der Waals surface area contributed by atoms with Crippen LogP contribution >= 0.6 is 15.9 Å². The SMILES string of the molecule is NNC(Cc1cccnc1)c1cc(C(F)(F)F)ccc1Br. The summed E-state index contributed by atoms with van der Waals surface area (Å²) in [6.45, 7) is 0. The number of nitrogens with zero attached hydrogens (tertiary/aromatic N) is 1. The van der Waals surface area contributed by atoms with Gasteiger partial charge in [0, 0.05) is 16.9 Å². The first-order valence-corrected chi connectivity index (χ1v) is 6.93. The fraction of sp³-hybridized carbons (Fsp3) is 0.214. The van der Waals surface area contributed by atoms with Gasteiger partial charge in [0.2, 0.25) is 0 Å². The molecule has 1 unspecified atom stereocenters. The number of alkyl halides is 3. The molecule has 0 aliphatic rings. The summed E-state index contributed by atoms with van der Waals surface area (Å²) in [6, 6.07) is 6.68. The zero-order valence-electron chi connectivity index (χ0n) is 10.9. The largest absolute Gasteiger partial charge is 0.416 e. The van der Waals surface area contributed by atoms with Crippen molar-refractivity contribution in [2.24, 2.45) is 5.84 Å². The Balaban J connectivity index is 2.33. The van der Waals surface area contributed by atoms with Crippen molar-refractivity contribution in [1.29, 1.82) is 0 Å². The molecule has 0 fully saturated rings. The van der Waals surface area contributed by atoms with Crippen LogP contribution in [0.1, 0.15) is 22.7 Å². The number of nitrogens with one attached hydrogen (secondary N) is 1. The van der Waals surface area contributed by atoms with Gasteiger partial charge in [-0.2, -0.15) is 13.2 Å². The summed E-state index contributed by atoms with van der Waals surface area (Å²) in [7, 11) is 0. The third-order valence-corrected chi connectivity index (χ3v) is 3.78. The molecule has 1 atom stereocenters. The van der Waals surface area contributed by atoms with E-state index in [-0.39, 0.29) is 0 Å². The zero-order chi connectivity index (χ0) is 15.5. The molecule has 3 nitrogen and oxygen atoms in total. The van der Waals surface area contributed by atoms with E-state index in [4.69, 9.17) is 5.84 Å². The van der Waals surface area contributed by atoms with Crippen LogP contribution in [-0.2, 0) is 12.6 Å². The number of hydrogen-bond donors (Lipinski definition) is 2. The molecule has 0 saturated carbocycles. The molecule has 112 valence electrons. The average Bonchev–Trinajstić information content (AvgIpc) is 2.45. The van der Waals surface area contributed by atoms with E-state index >= 15 is 0 Å². The number of aromatic nitrogens is 1. The van der Waals surface area contributed by atoms with Crippen LogP contribution in [0.25, 0.3) is 0 Å². The Hall–Kier alpha value is -1.44. The Morgan fingerprint density at radius 2 is 2.05 bits per heavy atom. The van der Waals surface area contributed by atoms with Gasteiger partial charge in [0.25, 0.3) is 0 Å². The fourth-order valence-corrected chi connectivity index (χ4v) is 2.52. The fourth-order valence-electron chi connectivity index (χ4n) is 2.00. The van der Waals surface area contributed by atoms with Crippen molar-refractivity contribution in [1.82, 2.24) is 10.4 Å². The Morgan fingerprint density at radius 3 is 2.62 bits per heavy atom. The molecule has 2 rings (SSSR count). The summed E-state index contributed by atoms with van der Waals surface area (Å²) in [4.78, 5) is 3.98. The van der Waals surface area contributed by atoms with Gasteiger partial charge in [0.1, 0.15) is 0 Å². The number of hydrogen-bond acceptors (Lipinski definition) is 3. The zero-order valence-corrected chi connectivity index (χ0v) is 12.4. The second-order valence-electron chi connectivity index (χ2n) is 4.52. The molecule has 0 spiro atoms. The molecule has 0 amide bonds. The van der Waals surface area contributed by atoms with Gasteiger partial charge in [0.05, 0.1) is 11.6 Å². The molecular formula is C14H13BrF3N3. The number of nitrogens with two attached hydrogens (primary N) is 1. The lowest BCUT2D eigenvalue weighted by Gasteiger charge is -2.19. The van der Waals surface area contributed by atoms with Crippen LogP contribution in [0.15, 0.2) is 47.2 Å². The highest BCUT2D eigenvalue weighted by Crippen LogP contribution is 2.34. The predicted molar refractivity (Wildman–Crippen MR) is 77.1 cm³/mol. The maximum absolute atomic E-state index is 12.8. The van der Waals surface area contributed by atoms with Crippen LogP contribution in [0.5, 0.6) is 0 Å². The minimum Gasteiger partial charge on any atom is -0.271 e. The van der Waals surface area contributed by atoms with Crippen LogP contribution in [-0.4, -0.2) is 4.98 Å².